The van der Waals surface area contributed by atoms with Gasteiger partial charge in [-0.25, -0.2) is 9.37 Å². The smallest absolute Gasteiger partial charge is 0.265 e. The number of pyridine rings is 1. The molecule has 0 radical (unpaired) electrons. The number of aromatic nitrogens is 1. The predicted octanol–water partition coefficient (Wildman–Crippen LogP) is 8.45. The molecule has 1 aliphatic rings. The van der Waals surface area contributed by atoms with Gasteiger partial charge in [-0.3, -0.25) is 4.79 Å². The van der Waals surface area contributed by atoms with Gasteiger partial charge < -0.3 is 9.64 Å². The molecule has 192 valence electrons. The molecule has 1 aliphatic heterocycles. The van der Waals surface area contributed by atoms with Crippen LogP contribution in [0.25, 0.3) is 33.6 Å². The minimum absolute atomic E-state index is 0.0570. The first kappa shape index (κ1) is 25.1. The zero-order valence-corrected chi connectivity index (χ0v) is 22.1. The first-order valence-electron chi connectivity index (χ1n) is 12.3. The number of halogens is 3. The number of carbonyl (C=O) groups excluding carboxylic acids is 1. The lowest BCUT2D eigenvalue weighted by Crippen LogP contribution is -2.38. The normalized spacial score (nSPS) is 12.7. The van der Waals surface area contributed by atoms with Crippen molar-refractivity contribution in [3.63, 3.8) is 0 Å². The maximum Gasteiger partial charge on any atom is 0.265 e. The summed E-state index contributed by atoms with van der Waals surface area (Å²) in [4.78, 5) is 19.5. The van der Waals surface area contributed by atoms with E-state index in [4.69, 9.17) is 32.9 Å². The van der Waals surface area contributed by atoms with Crippen LogP contribution in [0, 0.1) is 5.82 Å². The Kier molecular flexibility index (Phi) is 6.77. The number of nitrogens with zero attached hydrogens (tertiary/aromatic N) is 2. The van der Waals surface area contributed by atoms with Gasteiger partial charge in [0.1, 0.15) is 11.6 Å². The molecule has 0 atom stereocenters. The Labute approximate surface area is 235 Å². The summed E-state index contributed by atoms with van der Waals surface area (Å²) in [5.74, 6) is 0.110. The lowest BCUT2D eigenvalue weighted by atomic mass is 9.99. The number of anilines is 1. The van der Waals surface area contributed by atoms with Crippen LogP contribution in [0.4, 0.5) is 10.1 Å². The Bertz CT molecular complexity index is 1610. The van der Waals surface area contributed by atoms with Crippen molar-refractivity contribution >= 4 is 34.8 Å². The fourth-order valence-corrected chi connectivity index (χ4v) is 4.82. The fraction of sp³-hybridized carbons (Fsp3) is 0.0625. The lowest BCUT2D eigenvalue weighted by Gasteiger charge is -2.30. The molecule has 0 saturated heterocycles. The third-order valence-electron chi connectivity index (χ3n) is 6.59. The highest BCUT2D eigenvalue weighted by Gasteiger charge is 2.26. The monoisotopic (exact) mass is 554 g/mol. The molecule has 4 aromatic carbocycles. The van der Waals surface area contributed by atoms with Crippen LogP contribution in [0.2, 0.25) is 10.0 Å². The van der Waals surface area contributed by atoms with E-state index in [1.165, 1.54) is 12.1 Å². The molecule has 0 aliphatic carbocycles. The summed E-state index contributed by atoms with van der Waals surface area (Å²) in [6.45, 7) is 0.242. The molecule has 0 saturated carbocycles. The standard InChI is InChI=1S/C32H21Cl2FN2O2/c33-25-8-3-21(4-9-25)24-15-28(22-5-10-26(34)11-6-22)36-29(16-24)23-7-14-31-30(17-23)37(32(38)19-39-31)18-20-1-12-27(35)13-2-20/h1-17H,18-19H2. The summed E-state index contributed by atoms with van der Waals surface area (Å²) in [6, 6.07) is 31.1. The van der Waals surface area contributed by atoms with E-state index in [-0.39, 0.29) is 18.3 Å². The van der Waals surface area contributed by atoms with E-state index < -0.39 is 0 Å². The first-order valence-corrected chi connectivity index (χ1v) is 13.0. The highest BCUT2D eigenvalue weighted by atomic mass is 35.5. The Balaban J connectivity index is 1.45. The number of hydrogen-bond donors (Lipinski definition) is 0. The summed E-state index contributed by atoms with van der Waals surface area (Å²) in [5.41, 5.74) is 6.67. The van der Waals surface area contributed by atoms with Gasteiger partial charge in [-0.2, -0.15) is 0 Å². The number of hydrogen-bond acceptors (Lipinski definition) is 3. The first-order chi connectivity index (χ1) is 18.9. The summed E-state index contributed by atoms with van der Waals surface area (Å²) in [7, 11) is 0. The van der Waals surface area contributed by atoms with E-state index in [1.54, 1.807) is 17.0 Å². The van der Waals surface area contributed by atoms with Gasteiger partial charge in [-0.15, -0.1) is 0 Å². The van der Waals surface area contributed by atoms with Crippen molar-refractivity contribution in [2.45, 2.75) is 6.54 Å². The van der Waals surface area contributed by atoms with Crippen LogP contribution in [0.3, 0.4) is 0 Å². The molecule has 5 aromatic rings. The highest BCUT2D eigenvalue weighted by Crippen LogP contribution is 2.38. The third kappa shape index (κ3) is 5.37. The van der Waals surface area contributed by atoms with Crippen LogP contribution in [0.15, 0.2) is 103 Å². The topological polar surface area (TPSA) is 42.4 Å². The average Bonchev–Trinajstić information content (AvgIpc) is 2.96. The van der Waals surface area contributed by atoms with Crippen LogP contribution in [0.1, 0.15) is 5.56 Å². The zero-order chi connectivity index (χ0) is 26.9. The minimum atomic E-state index is -0.321. The van der Waals surface area contributed by atoms with Gasteiger partial charge in [0.05, 0.1) is 23.6 Å². The lowest BCUT2D eigenvalue weighted by molar-refractivity contribution is -0.121. The second kappa shape index (κ2) is 10.5. The second-order valence-corrected chi connectivity index (χ2v) is 10.1. The van der Waals surface area contributed by atoms with Crippen molar-refractivity contribution in [2.75, 3.05) is 11.5 Å². The maximum absolute atomic E-state index is 13.5. The minimum Gasteiger partial charge on any atom is -0.482 e. The number of carbonyl (C=O) groups is 1. The van der Waals surface area contributed by atoms with Crippen LogP contribution < -0.4 is 9.64 Å². The van der Waals surface area contributed by atoms with E-state index in [2.05, 4.69) is 0 Å². The van der Waals surface area contributed by atoms with Gasteiger partial charge in [0.25, 0.3) is 5.91 Å². The maximum atomic E-state index is 13.5. The summed E-state index contributed by atoms with van der Waals surface area (Å²) in [6.07, 6.45) is 0. The van der Waals surface area contributed by atoms with E-state index in [0.717, 1.165) is 39.2 Å². The van der Waals surface area contributed by atoms with Crippen LogP contribution in [-0.4, -0.2) is 17.5 Å². The average molecular weight is 555 g/mol. The second-order valence-electron chi connectivity index (χ2n) is 9.22. The zero-order valence-electron chi connectivity index (χ0n) is 20.6. The Morgan fingerprint density at radius 2 is 1.31 bits per heavy atom. The fourth-order valence-electron chi connectivity index (χ4n) is 4.56. The van der Waals surface area contributed by atoms with Gasteiger partial charge in [-0.05, 0) is 83.4 Å². The molecule has 0 bridgehead atoms. The van der Waals surface area contributed by atoms with Gasteiger partial charge in [0, 0.05) is 21.2 Å². The molecule has 0 spiro atoms. The third-order valence-corrected chi connectivity index (χ3v) is 7.10. The summed E-state index contributed by atoms with van der Waals surface area (Å²) < 4.78 is 19.2. The molecule has 1 amide bonds. The van der Waals surface area contributed by atoms with Crippen molar-refractivity contribution in [2.24, 2.45) is 0 Å². The molecule has 7 heteroatoms. The highest BCUT2D eigenvalue weighted by molar-refractivity contribution is 6.31. The van der Waals surface area contributed by atoms with Crippen molar-refractivity contribution < 1.29 is 13.9 Å². The van der Waals surface area contributed by atoms with Crippen LogP contribution in [-0.2, 0) is 11.3 Å². The number of benzene rings is 4. The van der Waals surface area contributed by atoms with Gasteiger partial charge in [0.15, 0.2) is 6.61 Å². The van der Waals surface area contributed by atoms with Crippen molar-refractivity contribution in [3.05, 3.63) is 125 Å². The van der Waals surface area contributed by atoms with E-state index in [9.17, 15) is 9.18 Å². The molecule has 6 rings (SSSR count). The van der Waals surface area contributed by atoms with Gasteiger partial charge in [0.2, 0.25) is 0 Å². The Morgan fingerprint density at radius 3 is 1.97 bits per heavy atom. The number of amides is 1. The predicted molar refractivity (Wildman–Crippen MR) is 154 cm³/mol. The molecule has 1 aromatic heterocycles. The SMILES string of the molecule is O=C1COc2ccc(-c3cc(-c4ccc(Cl)cc4)cc(-c4ccc(Cl)cc4)n3)cc2N1Cc1ccc(F)cc1. The molecule has 0 unspecified atom stereocenters. The quantitative estimate of drug-likeness (QED) is 0.219. The molecule has 0 N–H and O–H groups in total. The molecule has 39 heavy (non-hydrogen) atoms. The molecular weight excluding hydrogens is 534 g/mol. The van der Waals surface area contributed by atoms with E-state index in [0.29, 0.717) is 28.0 Å². The van der Waals surface area contributed by atoms with Crippen LogP contribution in [0.5, 0.6) is 5.75 Å². The van der Waals surface area contributed by atoms with Crippen molar-refractivity contribution in [3.8, 4) is 39.4 Å². The van der Waals surface area contributed by atoms with Crippen LogP contribution >= 0.6 is 23.2 Å². The number of fused-ring (bicyclic) bond motifs is 1. The van der Waals surface area contributed by atoms with Crippen molar-refractivity contribution in [1.29, 1.82) is 0 Å². The Morgan fingerprint density at radius 1 is 0.718 bits per heavy atom. The van der Waals surface area contributed by atoms with Gasteiger partial charge in [-0.1, -0.05) is 59.6 Å². The Hall–Kier alpha value is -4.19. The molecule has 2 heterocycles. The van der Waals surface area contributed by atoms with Crippen molar-refractivity contribution in [1.82, 2.24) is 4.98 Å². The van der Waals surface area contributed by atoms with E-state index >= 15 is 0 Å². The number of rotatable bonds is 5. The molecule has 0 fully saturated rings. The van der Waals surface area contributed by atoms with E-state index in [1.807, 2.05) is 78.9 Å². The summed E-state index contributed by atoms with van der Waals surface area (Å²) in [5, 5.41) is 1.31. The number of ether oxygens (including phenoxy) is 1. The molecular formula is C32H21Cl2FN2O2. The largest absolute Gasteiger partial charge is 0.482 e. The summed E-state index contributed by atoms with van der Waals surface area (Å²) >= 11 is 12.3. The molecule has 4 nitrogen and oxygen atoms in total. The van der Waals surface area contributed by atoms with Gasteiger partial charge >= 0.3 is 0 Å².